The molecule has 0 unspecified atom stereocenters. The number of rotatable bonds is 9. The molecule has 0 N–H and O–H groups in total. The van der Waals surface area contributed by atoms with E-state index in [2.05, 4.69) is 0 Å². The number of carbonyl (C=O) groups is 1. The minimum atomic E-state index is -3.54. The van der Waals surface area contributed by atoms with E-state index in [1.807, 2.05) is 31.2 Å². The van der Waals surface area contributed by atoms with E-state index in [1.54, 1.807) is 24.3 Å². The van der Waals surface area contributed by atoms with Crippen molar-refractivity contribution in [2.75, 3.05) is 5.75 Å². The molecule has 3 aromatic rings. The predicted octanol–water partition coefficient (Wildman–Crippen LogP) is 4.96. The minimum Gasteiger partial charge on any atom is -0.461 e. The number of non-ortho nitro benzene ring substituents is 1. The van der Waals surface area contributed by atoms with Gasteiger partial charge in [-0.15, -0.1) is 0 Å². The molecule has 0 aliphatic heterocycles. The van der Waals surface area contributed by atoms with Gasteiger partial charge in [-0.1, -0.05) is 41.6 Å². The van der Waals surface area contributed by atoms with E-state index in [4.69, 9.17) is 4.74 Å². The highest BCUT2D eigenvalue weighted by Gasteiger charge is 2.17. The fourth-order valence-corrected chi connectivity index (χ4v) is 4.78. The molecule has 0 saturated carbocycles. The first-order valence-electron chi connectivity index (χ1n) is 9.69. The quantitative estimate of drug-likeness (QED) is 0.247. The lowest BCUT2D eigenvalue weighted by atomic mass is 10.2. The van der Waals surface area contributed by atoms with Crippen molar-refractivity contribution >= 4 is 33.3 Å². The molecular formula is C23H21NO6S2. The zero-order valence-corrected chi connectivity index (χ0v) is 18.9. The van der Waals surface area contributed by atoms with Gasteiger partial charge in [-0.3, -0.25) is 14.9 Å². The van der Waals surface area contributed by atoms with E-state index < -0.39 is 20.7 Å². The Kier molecular flexibility index (Phi) is 7.66. The fraction of sp³-hybridized carbons (Fsp3) is 0.174. The highest BCUT2D eigenvalue weighted by Crippen LogP contribution is 2.29. The Morgan fingerprint density at radius 2 is 1.50 bits per heavy atom. The SMILES string of the molecule is Cc1ccc(S(=O)(=O)CCC(=O)OCc2ccc(Sc3ccc([N+](=O)[O-])cc3)cc2)cc1. The van der Waals surface area contributed by atoms with Gasteiger partial charge >= 0.3 is 5.97 Å². The van der Waals surface area contributed by atoms with Crippen molar-refractivity contribution in [3.63, 3.8) is 0 Å². The van der Waals surface area contributed by atoms with Crippen LogP contribution in [0.4, 0.5) is 5.69 Å². The first-order valence-corrected chi connectivity index (χ1v) is 12.2. The summed E-state index contributed by atoms with van der Waals surface area (Å²) in [6.45, 7) is 1.92. The third-order valence-corrected chi connectivity index (χ3v) is 7.31. The van der Waals surface area contributed by atoms with Gasteiger partial charge in [0, 0.05) is 21.9 Å². The van der Waals surface area contributed by atoms with Crippen molar-refractivity contribution in [2.45, 2.75) is 34.6 Å². The largest absolute Gasteiger partial charge is 0.461 e. The standard InChI is InChI=1S/C23H21NO6S2/c1-17-2-12-22(13-3-17)32(28,29)15-14-23(25)30-16-18-4-8-20(9-5-18)31-21-10-6-19(7-11-21)24(26)27/h2-13H,14-16H2,1H3. The van der Waals surface area contributed by atoms with Crippen LogP contribution in [0.25, 0.3) is 0 Å². The highest BCUT2D eigenvalue weighted by atomic mass is 32.2. The van der Waals surface area contributed by atoms with Crippen LogP contribution in [0.3, 0.4) is 0 Å². The average molecular weight is 472 g/mol. The molecule has 0 aliphatic rings. The van der Waals surface area contributed by atoms with Crippen molar-refractivity contribution in [1.29, 1.82) is 0 Å². The van der Waals surface area contributed by atoms with Gasteiger partial charge in [0.25, 0.3) is 5.69 Å². The molecule has 0 aromatic heterocycles. The molecule has 0 saturated heterocycles. The number of nitro groups is 1. The Bertz CT molecular complexity index is 1190. The van der Waals surface area contributed by atoms with E-state index in [-0.39, 0.29) is 29.4 Å². The summed E-state index contributed by atoms with van der Waals surface area (Å²) in [5.41, 5.74) is 1.77. The maximum Gasteiger partial charge on any atom is 0.307 e. The lowest BCUT2D eigenvalue weighted by Crippen LogP contribution is -2.13. The number of aryl methyl sites for hydroxylation is 1. The summed E-state index contributed by atoms with van der Waals surface area (Å²) in [5, 5.41) is 10.7. The number of nitrogens with zero attached hydrogens (tertiary/aromatic N) is 1. The van der Waals surface area contributed by atoms with Crippen LogP contribution in [0.1, 0.15) is 17.5 Å². The monoisotopic (exact) mass is 471 g/mol. The van der Waals surface area contributed by atoms with Crippen molar-refractivity contribution < 1.29 is 22.9 Å². The summed E-state index contributed by atoms with van der Waals surface area (Å²) in [4.78, 5) is 24.3. The van der Waals surface area contributed by atoms with Crippen LogP contribution in [0.5, 0.6) is 0 Å². The highest BCUT2D eigenvalue weighted by molar-refractivity contribution is 7.99. The van der Waals surface area contributed by atoms with Crippen LogP contribution >= 0.6 is 11.8 Å². The molecule has 9 heteroatoms. The predicted molar refractivity (Wildman–Crippen MR) is 121 cm³/mol. The summed E-state index contributed by atoms with van der Waals surface area (Å²) in [6, 6.07) is 20.1. The van der Waals surface area contributed by atoms with Crippen LogP contribution in [0.15, 0.2) is 87.5 Å². The molecule has 0 atom stereocenters. The van der Waals surface area contributed by atoms with Gasteiger partial charge in [0.2, 0.25) is 0 Å². The zero-order chi connectivity index (χ0) is 23.1. The second-order valence-corrected chi connectivity index (χ2v) is 10.3. The number of carbonyl (C=O) groups excluding carboxylic acids is 1. The maximum atomic E-state index is 12.3. The number of ether oxygens (including phenoxy) is 1. The van der Waals surface area contributed by atoms with Crippen molar-refractivity contribution in [3.05, 3.63) is 94.0 Å². The van der Waals surface area contributed by atoms with E-state index >= 15 is 0 Å². The fourth-order valence-electron chi connectivity index (χ4n) is 2.74. The lowest BCUT2D eigenvalue weighted by Gasteiger charge is -2.07. The summed E-state index contributed by atoms with van der Waals surface area (Å²) in [6.07, 6.45) is -0.218. The molecule has 0 aliphatic carbocycles. The average Bonchev–Trinajstić information content (AvgIpc) is 2.78. The molecule has 0 amide bonds. The van der Waals surface area contributed by atoms with Crippen molar-refractivity contribution in [1.82, 2.24) is 0 Å². The van der Waals surface area contributed by atoms with Gasteiger partial charge in [0.05, 0.1) is 22.0 Å². The Balaban J connectivity index is 1.47. The summed E-state index contributed by atoms with van der Waals surface area (Å²) in [7, 11) is -3.54. The molecule has 0 radical (unpaired) electrons. The first kappa shape index (κ1) is 23.5. The number of sulfone groups is 1. The van der Waals surface area contributed by atoms with E-state index in [0.717, 1.165) is 20.9 Å². The lowest BCUT2D eigenvalue weighted by molar-refractivity contribution is -0.384. The van der Waals surface area contributed by atoms with Crippen LogP contribution in [-0.4, -0.2) is 25.1 Å². The molecule has 32 heavy (non-hydrogen) atoms. The van der Waals surface area contributed by atoms with E-state index in [1.165, 1.54) is 36.0 Å². The van der Waals surface area contributed by atoms with Gasteiger partial charge in [-0.25, -0.2) is 8.42 Å². The van der Waals surface area contributed by atoms with Gasteiger partial charge < -0.3 is 4.74 Å². The molecule has 0 bridgehead atoms. The van der Waals surface area contributed by atoms with Crippen molar-refractivity contribution in [2.24, 2.45) is 0 Å². The Labute approximate surface area is 190 Å². The van der Waals surface area contributed by atoms with E-state index in [0.29, 0.717) is 0 Å². The van der Waals surface area contributed by atoms with Gasteiger partial charge in [-0.2, -0.15) is 0 Å². The number of hydrogen-bond acceptors (Lipinski definition) is 7. The minimum absolute atomic E-state index is 0.0400. The first-order chi connectivity index (χ1) is 15.2. The van der Waals surface area contributed by atoms with Crippen molar-refractivity contribution in [3.8, 4) is 0 Å². The molecule has 7 nitrogen and oxygen atoms in total. The smallest absolute Gasteiger partial charge is 0.307 e. The van der Waals surface area contributed by atoms with Crippen LogP contribution in [0, 0.1) is 17.0 Å². The second kappa shape index (κ2) is 10.4. The van der Waals surface area contributed by atoms with Gasteiger partial charge in [-0.05, 0) is 48.9 Å². The Morgan fingerprint density at radius 3 is 2.06 bits per heavy atom. The number of benzene rings is 3. The van der Waals surface area contributed by atoms with Crippen LogP contribution in [0.2, 0.25) is 0 Å². The summed E-state index contributed by atoms with van der Waals surface area (Å²) < 4.78 is 29.8. The topological polar surface area (TPSA) is 104 Å². The number of esters is 1. The third-order valence-electron chi connectivity index (χ3n) is 4.56. The van der Waals surface area contributed by atoms with Gasteiger partial charge in [0.1, 0.15) is 6.61 Å². The van der Waals surface area contributed by atoms with Crippen LogP contribution < -0.4 is 0 Å². The Morgan fingerprint density at radius 1 is 0.938 bits per heavy atom. The van der Waals surface area contributed by atoms with Gasteiger partial charge in [0.15, 0.2) is 9.84 Å². The third kappa shape index (κ3) is 6.66. The van der Waals surface area contributed by atoms with Crippen LogP contribution in [-0.2, 0) is 26.0 Å². The molecule has 166 valence electrons. The molecular weight excluding hydrogens is 450 g/mol. The maximum absolute atomic E-state index is 12.3. The summed E-state index contributed by atoms with van der Waals surface area (Å²) in [5.74, 6) is -0.885. The molecule has 0 fully saturated rings. The van der Waals surface area contributed by atoms with E-state index in [9.17, 15) is 23.3 Å². The molecule has 3 rings (SSSR count). The molecule has 0 heterocycles. The Hall–Kier alpha value is -3.17. The molecule has 3 aromatic carbocycles. The molecule has 0 spiro atoms. The number of hydrogen-bond donors (Lipinski definition) is 0. The second-order valence-electron chi connectivity index (χ2n) is 7.04. The normalized spacial score (nSPS) is 11.2. The zero-order valence-electron chi connectivity index (χ0n) is 17.3. The number of nitro benzene ring substituents is 1. The summed E-state index contributed by atoms with van der Waals surface area (Å²) >= 11 is 1.45.